The van der Waals surface area contributed by atoms with Crippen LogP contribution in [0.3, 0.4) is 0 Å². The van der Waals surface area contributed by atoms with Gasteiger partial charge in [-0.3, -0.25) is 0 Å². The lowest BCUT2D eigenvalue weighted by atomic mass is 9.63. The molecule has 2 bridgehead atoms. The molecule has 2 unspecified atom stereocenters. The van der Waals surface area contributed by atoms with Crippen LogP contribution in [0.1, 0.15) is 59.8 Å². The molecule has 0 heterocycles. The third-order valence-electron chi connectivity index (χ3n) is 7.25. The Morgan fingerprint density at radius 1 is 1.06 bits per heavy atom. The number of ether oxygens (including phenoxy) is 1. The SMILES string of the molecule is CO[C@]1(C)CC[C@H]2C(C)(C)C3C[C@@]21CCC3C. The summed E-state index contributed by atoms with van der Waals surface area (Å²) in [6.07, 6.45) is 6.92. The first-order chi connectivity index (χ1) is 7.87. The van der Waals surface area contributed by atoms with Gasteiger partial charge in [0.25, 0.3) is 0 Å². The Balaban J connectivity index is 2.07. The highest BCUT2D eigenvalue weighted by Crippen LogP contribution is 2.74. The predicted octanol–water partition coefficient (Wildman–Crippen LogP) is 4.26. The van der Waals surface area contributed by atoms with Crippen LogP contribution in [-0.4, -0.2) is 12.7 Å². The number of hydrogen-bond acceptors (Lipinski definition) is 1. The summed E-state index contributed by atoms with van der Waals surface area (Å²) >= 11 is 0. The van der Waals surface area contributed by atoms with E-state index in [4.69, 9.17) is 4.74 Å². The summed E-state index contributed by atoms with van der Waals surface area (Å²) < 4.78 is 6.02. The van der Waals surface area contributed by atoms with E-state index in [0.717, 1.165) is 17.8 Å². The zero-order chi connectivity index (χ0) is 12.5. The molecule has 3 fully saturated rings. The summed E-state index contributed by atoms with van der Waals surface area (Å²) in [6, 6.07) is 0. The fraction of sp³-hybridized carbons (Fsp3) is 1.00. The molecule has 1 heteroatoms. The van der Waals surface area contributed by atoms with Gasteiger partial charge in [-0.2, -0.15) is 0 Å². The molecule has 1 nitrogen and oxygen atoms in total. The standard InChI is InChI=1S/C16H28O/c1-11-6-9-16-10-12(11)14(2,3)13(16)7-8-15(16,4)17-5/h11-13H,6-10H2,1-5H3/t11?,12?,13-,15+,16-/m0/s1. The van der Waals surface area contributed by atoms with E-state index in [9.17, 15) is 0 Å². The zero-order valence-corrected chi connectivity index (χ0v) is 12.2. The molecule has 17 heavy (non-hydrogen) atoms. The molecule has 0 radical (unpaired) electrons. The van der Waals surface area contributed by atoms with E-state index < -0.39 is 0 Å². The molecule has 3 saturated carbocycles. The van der Waals surface area contributed by atoms with Gasteiger partial charge in [0.2, 0.25) is 0 Å². The minimum Gasteiger partial charge on any atom is -0.378 e. The van der Waals surface area contributed by atoms with Gasteiger partial charge in [0.15, 0.2) is 0 Å². The third kappa shape index (κ3) is 1.20. The fourth-order valence-corrected chi connectivity index (χ4v) is 6.14. The van der Waals surface area contributed by atoms with Gasteiger partial charge >= 0.3 is 0 Å². The Labute approximate surface area is 106 Å². The molecule has 3 rings (SSSR count). The molecule has 0 saturated heterocycles. The average molecular weight is 236 g/mol. The van der Waals surface area contributed by atoms with Crippen LogP contribution in [0.2, 0.25) is 0 Å². The first-order valence-electron chi connectivity index (χ1n) is 7.42. The summed E-state index contributed by atoms with van der Waals surface area (Å²) in [5.41, 5.74) is 1.19. The number of rotatable bonds is 1. The van der Waals surface area contributed by atoms with Crippen molar-refractivity contribution in [3.05, 3.63) is 0 Å². The Morgan fingerprint density at radius 3 is 2.41 bits per heavy atom. The van der Waals surface area contributed by atoms with E-state index in [1.54, 1.807) is 0 Å². The van der Waals surface area contributed by atoms with Crippen LogP contribution in [0, 0.1) is 28.6 Å². The van der Waals surface area contributed by atoms with Gasteiger partial charge in [0.05, 0.1) is 5.60 Å². The van der Waals surface area contributed by atoms with E-state index >= 15 is 0 Å². The summed E-state index contributed by atoms with van der Waals surface area (Å²) in [5, 5.41) is 0. The number of methoxy groups -OCH3 is 1. The molecule has 5 atom stereocenters. The van der Waals surface area contributed by atoms with Gasteiger partial charge in [0.1, 0.15) is 0 Å². The summed E-state index contributed by atoms with van der Waals surface area (Å²) in [6.45, 7) is 9.94. The van der Waals surface area contributed by atoms with E-state index in [2.05, 4.69) is 27.7 Å². The Kier molecular flexibility index (Phi) is 2.32. The van der Waals surface area contributed by atoms with Crippen LogP contribution in [-0.2, 0) is 4.74 Å². The van der Waals surface area contributed by atoms with Crippen molar-refractivity contribution in [2.45, 2.75) is 65.4 Å². The number of hydrogen-bond donors (Lipinski definition) is 0. The van der Waals surface area contributed by atoms with Crippen molar-refractivity contribution < 1.29 is 4.74 Å². The van der Waals surface area contributed by atoms with Gasteiger partial charge in [-0.1, -0.05) is 20.8 Å². The molecule has 0 aromatic heterocycles. The van der Waals surface area contributed by atoms with Crippen LogP contribution >= 0.6 is 0 Å². The van der Waals surface area contributed by atoms with Gasteiger partial charge in [-0.15, -0.1) is 0 Å². The molecule has 0 amide bonds. The topological polar surface area (TPSA) is 9.23 Å². The van der Waals surface area contributed by atoms with Crippen molar-refractivity contribution >= 4 is 0 Å². The minimum atomic E-state index is 0.157. The zero-order valence-electron chi connectivity index (χ0n) is 12.2. The monoisotopic (exact) mass is 236 g/mol. The lowest BCUT2D eigenvalue weighted by Crippen LogP contribution is -2.46. The van der Waals surface area contributed by atoms with Crippen molar-refractivity contribution in [3.8, 4) is 0 Å². The van der Waals surface area contributed by atoms with E-state index in [-0.39, 0.29) is 5.60 Å². The molecule has 0 N–H and O–H groups in total. The summed E-state index contributed by atoms with van der Waals surface area (Å²) in [4.78, 5) is 0. The van der Waals surface area contributed by atoms with Crippen LogP contribution < -0.4 is 0 Å². The molecule has 3 aliphatic carbocycles. The van der Waals surface area contributed by atoms with E-state index in [1.165, 1.54) is 32.1 Å². The average Bonchev–Trinajstić information content (AvgIpc) is 2.67. The Morgan fingerprint density at radius 2 is 1.76 bits per heavy atom. The van der Waals surface area contributed by atoms with Crippen molar-refractivity contribution in [2.75, 3.05) is 7.11 Å². The first kappa shape index (κ1) is 12.0. The molecule has 0 aromatic carbocycles. The number of fused-ring (bicyclic) bond motifs is 1. The smallest absolute Gasteiger partial charge is 0.0709 e. The molecule has 0 aliphatic heterocycles. The maximum Gasteiger partial charge on any atom is 0.0709 e. The summed E-state index contributed by atoms with van der Waals surface area (Å²) in [5.74, 6) is 2.74. The fourth-order valence-electron chi connectivity index (χ4n) is 6.14. The van der Waals surface area contributed by atoms with Gasteiger partial charge in [0, 0.05) is 12.5 Å². The van der Waals surface area contributed by atoms with E-state index in [0.29, 0.717) is 10.8 Å². The third-order valence-corrected chi connectivity index (χ3v) is 7.25. The lowest BCUT2D eigenvalue weighted by Gasteiger charge is -2.46. The van der Waals surface area contributed by atoms with Gasteiger partial charge < -0.3 is 4.74 Å². The predicted molar refractivity (Wildman–Crippen MR) is 70.9 cm³/mol. The molecule has 3 aliphatic rings. The van der Waals surface area contributed by atoms with Crippen molar-refractivity contribution in [1.29, 1.82) is 0 Å². The van der Waals surface area contributed by atoms with Crippen molar-refractivity contribution in [1.82, 2.24) is 0 Å². The second kappa shape index (κ2) is 3.29. The van der Waals surface area contributed by atoms with Crippen LogP contribution in [0.4, 0.5) is 0 Å². The molecular formula is C16H28O. The van der Waals surface area contributed by atoms with Crippen LogP contribution in [0.25, 0.3) is 0 Å². The first-order valence-corrected chi connectivity index (χ1v) is 7.42. The largest absolute Gasteiger partial charge is 0.378 e. The second-order valence-corrected chi connectivity index (χ2v) is 7.83. The Bertz CT molecular complexity index is 334. The van der Waals surface area contributed by atoms with Gasteiger partial charge in [-0.05, 0) is 62.2 Å². The highest BCUT2D eigenvalue weighted by Gasteiger charge is 2.69. The molecular weight excluding hydrogens is 208 g/mol. The highest BCUT2D eigenvalue weighted by molar-refractivity contribution is 5.19. The maximum absolute atomic E-state index is 6.02. The van der Waals surface area contributed by atoms with E-state index in [1.807, 2.05) is 7.11 Å². The highest BCUT2D eigenvalue weighted by atomic mass is 16.5. The second-order valence-electron chi connectivity index (χ2n) is 7.83. The summed E-state index contributed by atoms with van der Waals surface area (Å²) in [7, 11) is 1.94. The molecule has 98 valence electrons. The minimum absolute atomic E-state index is 0.157. The normalized spacial score (nSPS) is 55.9. The Hall–Kier alpha value is -0.0400. The van der Waals surface area contributed by atoms with Crippen molar-refractivity contribution in [2.24, 2.45) is 28.6 Å². The van der Waals surface area contributed by atoms with Gasteiger partial charge in [-0.25, -0.2) is 0 Å². The van der Waals surface area contributed by atoms with Crippen molar-refractivity contribution in [3.63, 3.8) is 0 Å². The maximum atomic E-state index is 6.02. The molecule has 1 spiro atoms. The lowest BCUT2D eigenvalue weighted by molar-refractivity contribution is -0.104. The van der Waals surface area contributed by atoms with Crippen LogP contribution in [0.5, 0.6) is 0 Å². The quantitative estimate of drug-likeness (QED) is 0.661. The van der Waals surface area contributed by atoms with Crippen LogP contribution in [0.15, 0.2) is 0 Å². The molecule has 0 aromatic rings.